The number of para-hydroxylation sites is 1. The van der Waals surface area contributed by atoms with Crippen molar-refractivity contribution in [2.45, 2.75) is 26.4 Å². The van der Waals surface area contributed by atoms with E-state index in [0.717, 1.165) is 23.4 Å². The number of hydrogen-bond acceptors (Lipinski definition) is 5. The third kappa shape index (κ3) is 4.53. The zero-order valence-corrected chi connectivity index (χ0v) is 17.4. The van der Waals surface area contributed by atoms with E-state index in [9.17, 15) is 9.59 Å². The molecule has 0 saturated carbocycles. The van der Waals surface area contributed by atoms with Crippen molar-refractivity contribution in [1.82, 2.24) is 15.1 Å². The third-order valence-electron chi connectivity index (χ3n) is 5.08. The molecule has 1 aromatic heterocycles. The first-order chi connectivity index (χ1) is 15.0. The van der Waals surface area contributed by atoms with E-state index in [0.29, 0.717) is 30.1 Å². The van der Waals surface area contributed by atoms with Crippen LogP contribution < -0.4 is 15.4 Å². The molecule has 0 spiro atoms. The van der Waals surface area contributed by atoms with Crippen LogP contribution in [0.15, 0.2) is 54.7 Å². The molecule has 0 unspecified atom stereocenters. The fourth-order valence-corrected chi connectivity index (χ4v) is 3.51. The van der Waals surface area contributed by atoms with Crippen molar-refractivity contribution in [2.24, 2.45) is 0 Å². The number of anilines is 1. The van der Waals surface area contributed by atoms with Gasteiger partial charge in [-0.3, -0.25) is 0 Å². The number of hydrogen-bond donors (Lipinski definition) is 2. The van der Waals surface area contributed by atoms with Crippen LogP contribution >= 0.6 is 0 Å². The van der Waals surface area contributed by atoms with Gasteiger partial charge >= 0.3 is 12.0 Å². The van der Waals surface area contributed by atoms with Crippen LogP contribution in [0.4, 0.5) is 10.5 Å². The summed E-state index contributed by atoms with van der Waals surface area (Å²) in [5.41, 5.74) is 3.70. The van der Waals surface area contributed by atoms with E-state index in [-0.39, 0.29) is 12.1 Å². The molecule has 0 aliphatic carbocycles. The molecular weight excluding hydrogens is 396 g/mol. The van der Waals surface area contributed by atoms with Gasteiger partial charge in [-0.25, -0.2) is 14.3 Å². The van der Waals surface area contributed by atoms with E-state index in [2.05, 4.69) is 15.7 Å². The highest BCUT2D eigenvalue weighted by atomic mass is 16.5. The SMILES string of the molecule is CCOC(=O)c1cnn(-c2ccc(NC(=O)NC[C@H]3Cc4ccccc4O3)cc2)c1C. The maximum Gasteiger partial charge on any atom is 0.341 e. The summed E-state index contributed by atoms with van der Waals surface area (Å²) in [5.74, 6) is 0.487. The Balaban J connectivity index is 1.32. The average molecular weight is 420 g/mol. The number of nitrogens with one attached hydrogen (secondary N) is 2. The van der Waals surface area contributed by atoms with Crippen LogP contribution in [0, 0.1) is 6.92 Å². The van der Waals surface area contributed by atoms with Gasteiger partial charge in [0.15, 0.2) is 0 Å². The number of benzene rings is 2. The second-order valence-electron chi connectivity index (χ2n) is 7.21. The minimum absolute atomic E-state index is 0.0677. The lowest BCUT2D eigenvalue weighted by Crippen LogP contribution is -2.37. The van der Waals surface area contributed by atoms with Gasteiger partial charge < -0.3 is 20.1 Å². The average Bonchev–Trinajstić information content (AvgIpc) is 3.36. The fraction of sp³-hybridized carbons (Fsp3) is 0.261. The lowest BCUT2D eigenvalue weighted by molar-refractivity contribution is 0.0525. The molecule has 1 atom stereocenters. The molecule has 0 fully saturated rings. The van der Waals surface area contributed by atoms with Crippen LogP contribution in [-0.4, -0.2) is 41.0 Å². The number of nitrogens with zero attached hydrogens (tertiary/aromatic N) is 2. The number of fused-ring (bicyclic) bond motifs is 1. The maximum atomic E-state index is 12.2. The van der Waals surface area contributed by atoms with Crippen LogP contribution in [-0.2, 0) is 11.2 Å². The molecule has 1 aliphatic rings. The van der Waals surface area contributed by atoms with E-state index in [1.807, 2.05) is 43.3 Å². The minimum atomic E-state index is -0.393. The molecule has 8 nitrogen and oxygen atoms in total. The Bertz CT molecular complexity index is 1070. The molecule has 0 bridgehead atoms. The van der Waals surface area contributed by atoms with Crippen molar-refractivity contribution >= 4 is 17.7 Å². The van der Waals surface area contributed by atoms with Gasteiger partial charge in [0.05, 0.1) is 30.7 Å². The zero-order valence-electron chi connectivity index (χ0n) is 17.4. The molecule has 3 aromatic rings. The predicted octanol–water partition coefficient (Wildman–Crippen LogP) is 3.48. The van der Waals surface area contributed by atoms with Gasteiger partial charge in [-0.1, -0.05) is 18.2 Å². The van der Waals surface area contributed by atoms with Gasteiger partial charge in [0.25, 0.3) is 0 Å². The van der Waals surface area contributed by atoms with Crippen molar-refractivity contribution in [3.63, 3.8) is 0 Å². The summed E-state index contributed by atoms with van der Waals surface area (Å²) in [6.07, 6.45) is 2.21. The van der Waals surface area contributed by atoms with Crippen LogP contribution in [0.1, 0.15) is 28.5 Å². The quantitative estimate of drug-likeness (QED) is 0.596. The zero-order chi connectivity index (χ0) is 21.8. The van der Waals surface area contributed by atoms with Gasteiger partial charge in [0.1, 0.15) is 17.4 Å². The largest absolute Gasteiger partial charge is 0.488 e. The second-order valence-corrected chi connectivity index (χ2v) is 7.21. The Labute approximate surface area is 180 Å². The molecule has 4 rings (SSSR count). The number of carbonyl (C=O) groups is 2. The molecule has 2 amide bonds. The molecule has 1 aliphatic heterocycles. The monoisotopic (exact) mass is 420 g/mol. The van der Waals surface area contributed by atoms with Gasteiger partial charge in [-0.2, -0.15) is 5.10 Å². The van der Waals surface area contributed by atoms with E-state index < -0.39 is 5.97 Å². The van der Waals surface area contributed by atoms with Crippen molar-refractivity contribution < 1.29 is 19.1 Å². The Morgan fingerprint density at radius 2 is 1.97 bits per heavy atom. The van der Waals surface area contributed by atoms with Gasteiger partial charge in [-0.05, 0) is 49.7 Å². The molecular formula is C23H24N4O4. The summed E-state index contributed by atoms with van der Waals surface area (Å²) in [6.45, 7) is 4.30. The summed E-state index contributed by atoms with van der Waals surface area (Å²) >= 11 is 0. The Morgan fingerprint density at radius 1 is 1.19 bits per heavy atom. The van der Waals surface area contributed by atoms with Gasteiger partial charge in [0, 0.05) is 12.1 Å². The maximum absolute atomic E-state index is 12.2. The molecule has 2 N–H and O–H groups in total. The van der Waals surface area contributed by atoms with Crippen molar-refractivity contribution in [2.75, 3.05) is 18.5 Å². The van der Waals surface area contributed by atoms with Crippen LogP contribution in [0.2, 0.25) is 0 Å². The van der Waals surface area contributed by atoms with Crippen LogP contribution in [0.5, 0.6) is 5.75 Å². The van der Waals surface area contributed by atoms with Crippen LogP contribution in [0.3, 0.4) is 0 Å². The Hall–Kier alpha value is -3.81. The van der Waals surface area contributed by atoms with Gasteiger partial charge in [0.2, 0.25) is 0 Å². The highest BCUT2D eigenvalue weighted by molar-refractivity contribution is 5.90. The lowest BCUT2D eigenvalue weighted by atomic mass is 10.1. The summed E-state index contributed by atoms with van der Waals surface area (Å²) in [4.78, 5) is 24.2. The molecule has 31 heavy (non-hydrogen) atoms. The van der Waals surface area contributed by atoms with E-state index in [1.54, 1.807) is 23.7 Å². The molecule has 0 saturated heterocycles. The molecule has 8 heteroatoms. The van der Waals surface area contributed by atoms with E-state index in [1.165, 1.54) is 6.20 Å². The number of urea groups is 1. The molecule has 160 valence electrons. The lowest BCUT2D eigenvalue weighted by Gasteiger charge is -2.13. The number of rotatable bonds is 6. The minimum Gasteiger partial charge on any atom is -0.488 e. The molecule has 2 heterocycles. The van der Waals surface area contributed by atoms with Gasteiger partial charge in [-0.15, -0.1) is 0 Å². The number of aromatic nitrogens is 2. The van der Waals surface area contributed by atoms with Crippen molar-refractivity contribution in [3.05, 3.63) is 71.5 Å². The summed E-state index contributed by atoms with van der Waals surface area (Å²) in [6, 6.07) is 14.8. The number of carbonyl (C=O) groups excluding carboxylic acids is 2. The van der Waals surface area contributed by atoms with Crippen molar-refractivity contribution in [3.8, 4) is 11.4 Å². The standard InChI is InChI=1S/C23H24N4O4/c1-3-30-22(28)20-14-25-27(15(20)2)18-10-8-17(9-11-18)26-23(29)24-13-19-12-16-6-4-5-7-21(16)31-19/h4-11,14,19H,3,12-13H2,1-2H3,(H2,24,26,29)/t19-/m1/s1. The number of esters is 1. The molecule has 2 aromatic carbocycles. The number of amides is 2. The Morgan fingerprint density at radius 3 is 2.71 bits per heavy atom. The topological polar surface area (TPSA) is 94.5 Å². The highest BCUT2D eigenvalue weighted by Gasteiger charge is 2.22. The predicted molar refractivity (Wildman–Crippen MR) is 116 cm³/mol. The smallest absolute Gasteiger partial charge is 0.341 e. The summed E-state index contributed by atoms with van der Waals surface area (Å²) in [5, 5.41) is 9.93. The number of ether oxygens (including phenoxy) is 2. The fourth-order valence-electron chi connectivity index (χ4n) is 3.51. The third-order valence-corrected chi connectivity index (χ3v) is 5.08. The summed E-state index contributed by atoms with van der Waals surface area (Å²) < 4.78 is 12.5. The van der Waals surface area contributed by atoms with E-state index >= 15 is 0 Å². The first-order valence-electron chi connectivity index (χ1n) is 10.2. The normalized spacial score (nSPS) is 14.5. The van der Waals surface area contributed by atoms with Crippen molar-refractivity contribution in [1.29, 1.82) is 0 Å². The summed E-state index contributed by atoms with van der Waals surface area (Å²) in [7, 11) is 0. The first-order valence-corrected chi connectivity index (χ1v) is 10.2. The van der Waals surface area contributed by atoms with Crippen LogP contribution in [0.25, 0.3) is 5.69 Å². The molecule has 0 radical (unpaired) electrons. The first kappa shape index (κ1) is 20.5. The Kier molecular flexibility index (Phi) is 5.88. The second kappa shape index (κ2) is 8.91. The highest BCUT2D eigenvalue weighted by Crippen LogP contribution is 2.27. The van der Waals surface area contributed by atoms with E-state index in [4.69, 9.17) is 9.47 Å².